The number of fused-ring (bicyclic) bond motifs is 7. The molecule has 0 aromatic rings. The van der Waals surface area contributed by atoms with E-state index in [1.807, 2.05) is 0 Å². The molecule has 0 amide bonds. The summed E-state index contributed by atoms with van der Waals surface area (Å²) in [6.07, 6.45) is 17.0. The second-order valence-electron chi connectivity index (χ2n) is 13.3. The second-order valence-corrected chi connectivity index (χ2v) is 13.3. The Morgan fingerprint density at radius 1 is 0.897 bits per heavy atom. The minimum Gasteiger partial charge on any atom is -0.0998 e. The Hall–Kier alpha value is -0.520. The number of hydrogen-bond donors (Lipinski definition) is 0. The fraction of sp³-hybridized carbons (Fsp3) is 0.862. The van der Waals surface area contributed by atoms with E-state index in [1.54, 1.807) is 5.57 Å². The van der Waals surface area contributed by atoms with Crippen LogP contribution in [0.3, 0.4) is 0 Å². The molecular weight excluding hydrogens is 348 g/mol. The molecule has 0 spiro atoms. The largest absolute Gasteiger partial charge is 0.0998 e. The maximum Gasteiger partial charge on any atom is -0.0149 e. The summed E-state index contributed by atoms with van der Waals surface area (Å²) < 4.78 is 0. The Labute approximate surface area is 181 Å². The molecule has 8 unspecified atom stereocenters. The van der Waals surface area contributed by atoms with Gasteiger partial charge in [0.1, 0.15) is 0 Å². The molecule has 5 aliphatic carbocycles. The lowest BCUT2D eigenvalue weighted by Gasteiger charge is -2.71. The van der Waals surface area contributed by atoms with Crippen LogP contribution in [0.15, 0.2) is 23.8 Å². The van der Waals surface area contributed by atoms with E-state index in [4.69, 9.17) is 0 Å². The van der Waals surface area contributed by atoms with Crippen LogP contribution in [0.1, 0.15) is 106 Å². The van der Waals surface area contributed by atoms with Crippen LogP contribution in [0.5, 0.6) is 0 Å². The summed E-state index contributed by atoms with van der Waals surface area (Å²) in [5.74, 6) is 4.39. The smallest absolute Gasteiger partial charge is 0.0149 e. The van der Waals surface area contributed by atoms with Crippen molar-refractivity contribution in [1.29, 1.82) is 0 Å². The third kappa shape index (κ3) is 2.44. The standard InChI is InChI=1S/C29H46/c1-19(2)21-12-15-26(4)17-18-28(6)23(25(21)26)10-11-24-27(5)14-8-9-20(3)22(27)13-16-29(24,28)7/h9,21-25H,1,8,10-18H2,2-7H3/t21?,22?,23?,24?,25?,26?,27?,28-,29?/m1/s1. The van der Waals surface area contributed by atoms with E-state index in [-0.39, 0.29) is 0 Å². The van der Waals surface area contributed by atoms with Gasteiger partial charge in [0.05, 0.1) is 0 Å². The van der Waals surface area contributed by atoms with E-state index in [1.165, 1.54) is 69.8 Å². The molecule has 9 atom stereocenters. The normalized spacial score (nSPS) is 56.5. The fourth-order valence-corrected chi connectivity index (χ4v) is 10.7. The molecule has 0 aromatic carbocycles. The minimum atomic E-state index is 0.529. The molecule has 0 heterocycles. The van der Waals surface area contributed by atoms with Gasteiger partial charge in [0.2, 0.25) is 0 Å². The Kier molecular flexibility index (Phi) is 4.40. The topological polar surface area (TPSA) is 0 Å². The second kappa shape index (κ2) is 6.26. The zero-order valence-corrected chi connectivity index (χ0v) is 20.2. The van der Waals surface area contributed by atoms with Crippen molar-refractivity contribution in [2.75, 3.05) is 0 Å². The van der Waals surface area contributed by atoms with Gasteiger partial charge in [-0.1, -0.05) is 51.5 Å². The summed E-state index contributed by atoms with van der Waals surface area (Å²) in [5, 5.41) is 0. The number of allylic oxidation sites excluding steroid dienone is 3. The van der Waals surface area contributed by atoms with Gasteiger partial charge in [0, 0.05) is 0 Å². The van der Waals surface area contributed by atoms with Crippen molar-refractivity contribution < 1.29 is 0 Å². The molecule has 0 N–H and O–H groups in total. The zero-order chi connectivity index (χ0) is 20.8. The molecule has 0 aliphatic heterocycles. The summed E-state index contributed by atoms with van der Waals surface area (Å²) in [6, 6.07) is 0. The van der Waals surface area contributed by atoms with E-state index in [0.29, 0.717) is 21.7 Å². The maximum absolute atomic E-state index is 4.49. The number of hydrogen-bond acceptors (Lipinski definition) is 0. The number of rotatable bonds is 1. The van der Waals surface area contributed by atoms with Gasteiger partial charge in [0.25, 0.3) is 0 Å². The molecule has 0 bridgehead atoms. The van der Waals surface area contributed by atoms with Gasteiger partial charge in [-0.05, 0) is 129 Å². The Morgan fingerprint density at radius 2 is 1.66 bits per heavy atom. The lowest BCUT2D eigenvalue weighted by atomic mass is 9.33. The van der Waals surface area contributed by atoms with E-state index in [0.717, 1.165) is 29.6 Å². The lowest BCUT2D eigenvalue weighted by Crippen LogP contribution is -2.64. The Bertz CT molecular complexity index is 743. The van der Waals surface area contributed by atoms with Gasteiger partial charge in [-0.25, -0.2) is 0 Å². The zero-order valence-electron chi connectivity index (χ0n) is 20.2. The summed E-state index contributed by atoms with van der Waals surface area (Å²) in [4.78, 5) is 0. The van der Waals surface area contributed by atoms with E-state index in [2.05, 4.69) is 54.2 Å². The first kappa shape index (κ1) is 20.4. The van der Waals surface area contributed by atoms with Crippen LogP contribution in [0, 0.1) is 51.2 Å². The van der Waals surface area contributed by atoms with Crippen molar-refractivity contribution in [1.82, 2.24) is 0 Å². The summed E-state index contributed by atoms with van der Waals surface area (Å²) in [6.45, 7) is 20.2. The van der Waals surface area contributed by atoms with Gasteiger partial charge in [-0.2, -0.15) is 0 Å². The highest BCUT2D eigenvalue weighted by atomic mass is 14.7. The van der Waals surface area contributed by atoms with Crippen molar-refractivity contribution in [3.05, 3.63) is 23.8 Å². The van der Waals surface area contributed by atoms with Crippen molar-refractivity contribution in [3.63, 3.8) is 0 Å². The van der Waals surface area contributed by atoms with Gasteiger partial charge in [0.15, 0.2) is 0 Å². The highest BCUT2D eigenvalue weighted by Gasteiger charge is 2.68. The van der Waals surface area contributed by atoms with Crippen molar-refractivity contribution in [2.45, 2.75) is 106 Å². The highest BCUT2D eigenvalue weighted by Crippen LogP contribution is 2.76. The molecule has 5 aliphatic rings. The van der Waals surface area contributed by atoms with Crippen molar-refractivity contribution >= 4 is 0 Å². The van der Waals surface area contributed by atoms with Crippen LogP contribution in [0.25, 0.3) is 0 Å². The van der Waals surface area contributed by atoms with Crippen molar-refractivity contribution in [2.24, 2.45) is 51.2 Å². The molecule has 5 rings (SSSR count). The average molecular weight is 395 g/mol. The first-order valence-electron chi connectivity index (χ1n) is 12.9. The molecular formula is C29H46. The predicted octanol–water partition coefficient (Wildman–Crippen LogP) is 8.58. The maximum atomic E-state index is 4.49. The van der Waals surface area contributed by atoms with Crippen LogP contribution in [0.2, 0.25) is 0 Å². The quantitative estimate of drug-likeness (QED) is 0.391. The molecule has 0 radical (unpaired) electrons. The van der Waals surface area contributed by atoms with E-state index >= 15 is 0 Å². The predicted molar refractivity (Wildman–Crippen MR) is 125 cm³/mol. The molecule has 0 nitrogen and oxygen atoms in total. The van der Waals surface area contributed by atoms with Crippen molar-refractivity contribution in [3.8, 4) is 0 Å². The highest BCUT2D eigenvalue weighted by molar-refractivity contribution is 5.23. The van der Waals surface area contributed by atoms with Gasteiger partial charge < -0.3 is 0 Å². The van der Waals surface area contributed by atoms with Crippen LogP contribution >= 0.6 is 0 Å². The van der Waals surface area contributed by atoms with Crippen LogP contribution in [-0.2, 0) is 0 Å². The molecule has 0 aromatic heterocycles. The molecule has 4 saturated carbocycles. The van der Waals surface area contributed by atoms with E-state index in [9.17, 15) is 0 Å². The molecule has 162 valence electrons. The fourth-order valence-electron chi connectivity index (χ4n) is 10.7. The van der Waals surface area contributed by atoms with Gasteiger partial charge >= 0.3 is 0 Å². The molecule has 4 fully saturated rings. The third-order valence-corrected chi connectivity index (χ3v) is 12.4. The first-order chi connectivity index (χ1) is 13.6. The monoisotopic (exact) mass is 394 g/mol. The van der Waals surface area contributed by atoms with Crippen LogP contribution < -0.4 is 0 Å². The minimum absolute atomic E-state index is 0.529. The Balaban J connectivity index is 1.56. The average Bonchev–Trinajstić information content (AvgIpc) is 3.00. The van der Waals surface area contributed by atoms with Crippen LogP contribution in [-0.4, -0.2) is 0 Å². The van der Waals surface area contributed by atoms with Gasteiger partial charge in [-0.3, -0.25) is 0 Å². The SMILES string of the molecule is C=C(C)C1CCC2(C)CC[C@]3(C)C(CCC4C5(C)CCC=C(C)C5CCC43C)C12. The molecule has 29 heavy (non-hydrogen) atoms. The van der Waals surface area contributed by atoms with Gasteiger partial charge in [-0.15, -0.1) is 0 Å². The molecule has 0 saturated heterocycles. The Morgan fingerprint density at radius 3 is 2.38 bits per heavy atom. The van der Waals surface area contributed by atoms with E-state index < -0.39 is 0 Å². The third-order valence-electron chi connectivity index (χ3n) is 12.4. The summed E-state index contributed by atoms with van der Waals surface area (Å²) in [5.41, 5.74) is 5.40. The summed E-state index contributed by atoms with van der Waals surface area (Å²) >= 11 is 0. The summed E-state index contributed by atoms with van der Waals surface area (Å²) in [7, 11) is 0. The molecule has 0 heteroatoms. The van der Waals surface area contributed by atoms with Crippen LogP contribution in [0.4, 0.5) is 0 Å². The lowest BCUT2D eigenvalue weighted by molar-refractivity contribution is -0.214. The first-order valence-corrected chi connectivity index (χ1v) is 12.9.